The van der Waals surface area contributed by atoms with Crippen LogP contribution < -0.4 is 0 Å². The van der Waals surface area contributed by atoms with Crippen molar-refractivity contribution in [3.63, 3.8) is 0 Å². The van der Waals surface area contributed by atoms with E-state index in [-0.39, 0.29) is 0 Å². The second-order valence-electron chi connectivity index (χ2n) is 20.9. The highest BCUT2D eigenvalue weighted by Gasteiger charge is 2.39. The summed E-state index contributed by atoms with van der Waals surface area (Å²) in [6.45, 7) is 4.68. The topological polar surface area (TPSA) is 88.7 Å². The molecule has 7 heteroatoms. The minimum Gasteiger partial charge on any atom is -0.455 e. The summed E-state index contributed by atoms with van der Waals surface area (Å²) in [6.07, 6.45) is 0. The van der Waals surface area contributed by atoms with Gasteiger partial charge in [0.1, 0.15) is 22.3 Å². The molecular formula is C71H43N5O2. The van der Waals surface area contributed by atoms with Crippen molar-refractivity contribution in [3.8, 4) is 45.8 Å². The smallest absolute Gasteiger partial charge is 0.145 e. The number of aromatic nitrogens is 3. The maximum Gasteiger partial charge on any atom is 0.145 e. The third kappa shape index (κ3) is 5.85. The molecule has 0 aliphatic rings. The van der Waals surface area contributed by atoms with E-state index in [1.807, 2.05) is 60.7 Å². The first-order chi connectivity index (χ1) is 38.4. The van der Waals surface area contributed by atoms with E-state index in [1.165, 1.54) is 0 Å². The Bertz CT molecular complexity index is 5030. The van der Waals surface area contributed by atoms with Gasteiger partial charge in [0.05, 0.1) is 73.0 Å². The minimum atomic E-state index is -0.955. The Kier molecular flexibility index (Phi) is 9.09. The summed E-state index contributed by atoms with van der Waals surface area (Å²) < 4.78 is 21.3. The Hall–Kier alpha value is -10.6. The third-order valence-electron chi connectivity index (χ3n) is 16.5. The van der Waals surface area contributed by atoms with Crippen molar-refractivity contribution in [3.05, 3.63) is 241 Å². The zero-order valence-corrected chi connectivity index (χ0v) is 42.4. The van der Waals surface area contributed by atoms with Crippen LogP contribution in [0, 0.1) is 22.7 Å². The van der Waals surface area contributed by atoms with Crippen molar-refractivity contribution in [2.45, 2.75) is 19.4 Å². The Morgan fingerprint density at radius 2 is 0.718 bits per heavy atom. The highest BCUT2D eigenvalue weighted by Crippen LogP contribution is 2.54. The van der Waals surface area contributed by atoms with E-state index < -0.39 is 5.54 Å². The summed E-state index contributed by atoms with van der Waals surface area (Å²) in [7, 11) is 0. The number of rotatable bonds is 6. The van der Waals surface area contributed by atoms with Gasteiger partial charge in [0, 0.05) is 81.9 Å². The van der Waals surface area contributed by atoms with Gasteiger partial charge in [-0.25, -0.2) is 0 Å². The number of hydrogen-bond acceptors (Lipinski definition) is 4. The number of furan rings is 2. The van der Waals surface area contributed by atoms with Gasteiger partial charge in [-0.3, -0.25) is 0 Å². The van der Waals surface area contributed by atoms with Crippen LogP contribution in [-0.4, -0.2) is 13.7 Å². The van der Waals surface area contributed by atoms with Crippen LogP contribution in [-0.2, 0) is 5.54 Å². The summed E-state index contributed by atoms with van der Waals surface area (Å²) in [5, 5.41) is 33.0. The van der Waals surface area contributed by atoms with E-state index in [4.69, 9.17) is 8.83 Å². The summed E-state index contributed by atoms with van der Waals surface area (Å²) >= 11 is 0. The second-order valence-corrected chi connectivity index (χ2v) is 20.9. The molecule has 0 amide bonds. The first-order valence-corrected chi connectivity index (χ1v) is 26.3. The molecule has 5 heterocycles. The Morgan fingerprint density at radius 1 is 0.346 bits per heavy atom. The zero-order chi connectivity index (χ0) is 52.0. The summed E-state index contributed by atoms with van der Waals surface area (Å²) in [4.78, 5) is 0. The van der Waals surface area contributed by atoms with Crippen LogP contribution in [0.2, 0.25) is 0 Å². The molecule has 0 atom stereocenters. The molecule has 0 fully saturated rings. The number of fused-ring (bicyclic) bond motifs is 17. The van der Waals surface area contributed by atoms with Crippen molar-refractivity contribution in [1.29, 1.82) is 10.5 Å². The molecule has 0 aliphatic heterocycles. The first-order valence-electron chi connectivity index (χ1n) is 26.3. The molecule has 0 aliphatic carbocycles. The van der Waals surface area contributed by atoms with Gasteiger partial charge in [-0.1, -0.05) is 146 Å². The molecule has 0 bridgehead atoms. The quantitative estimate of drug-likeness (QED) is 0.166. The van der Waals surface area contributed by atoms with Crippen LogP contribution in [0.25, 0.3) is 143 Å². The lowest BCUT2D eigenvalue weighted by atomic mass is 9.81. The Labute approximate surface area is 446 Å². The fourth-order valence-corrected chi connectivity index (χ4v) is 13.3. The second kappa shape index (κ2) is 16.2. The number of nitriles is 2. The molecule has 7 nitrogen and oxygen atoms in total. The standard InChI is InChI=1S/C71H43N5O2/c1-71(2,76-58-31-15-7-23-46(58)47-24-8-16-32-59(47)76)66-67(74-56-29-13-9-27-52(56)64-60(74)37-35-50-48-25-11-17-33-62(48)77-69(50)64)54(44-21-5-3-19-42(44)40-72)39-55(45-22-6-4-20-43(45)41-73)68(66)75-57-30-14-10-28-53(57)65-61(75)38-36-51-49-26-12-18-34-63(49)78-70(51)65/h3-39H,1-2H3. The maximum absolute atomic E-state index is 11.3. The van der Waals surface area contributed by atoms with E-state index in [0.717, 1.165) is 148 Å². The van der Waals surface area contributed by atoms with Gasteiger partial charge < -0.3 is 22.5 Å². The highest BCUT2D eigenvalue weighted by molar-refractivity contribution is 6.26. The number of nitrogens with zero attached hydrogens (tertiary/aromatic N) is 5. The van der Waals surface area contributed by atoms with Gasteiger partial charge >= 0.3 is 0 Å². The van der Waals surface area contributed by atoms with Gasteiger partial charge in [-0.15, -0.1) is 0 Å². The van der Waals surface area contributed by atoms with Gasteiger partial charge in [-0.2, -0.15) is 10.5 Å². The fraction of sp³-hybridized carbons (Fsp3) is 0.0423. The predicted octanol–water partition coefficient (Wildman–Crippen LogP) is 18.6. The Morgan fingerprint density at radius 3 is 1.17 bits per heavy atom. The van der Waals surface area contributed by atoms with Crippen LogP contribution in [0.3, 0.4) is 0 Å². The SMILES string of the molecule is CC(C)(c1c(-n2c3ccccc3c3c4oc5ccccc5c4ccc32)c(-c2ccccc2C#N)cc(-c2ccccc2C#N)c1-n1c2ccccc2c2c3oc4ccccc4c3ccc21)n1c2ccccc2c2ccccc21. The van der Waals surface area contributed by atoms with E-state index in [1.54, 1.807) is 0 Å². The average molecular weight is 998 g/mol. The molecule has 0 unspecified atom stereocenters. The molecule has 11 aromatic carbocycles. The van der Waals surface area contributed by atoms with Crippen molar-refractivity contribution in [2.24, 2.45) is 0 Å². The minimum absolute atomic E-state index is 0.524. The molecule has 0 spiro atoms. The average Bonchev–Trinajstić information content (AvgIpc) is 4.25. The number of benzene rings is 11. The third-order valence-corrected chi connectivity index (χ3v) is 16.5. The molecule has 0 saturated carbocycles. The van der Waals surface area contributed by atoms with Gasteiger partial charge in [-0.05, 0) is 92.7 Å². The summed E-state index contributed by atoms with van der Waals surface area (Å²) in [5.74, 6) is 0. The molecule has 16 aromatic rings. The van der Waals surface area contributed by atoms with Crippen LogP contribution >= 0.6 is 0 Å². The van der Waals surface area contributed by atoms with E-state index in [2.05, 4.69) is 203 Å². The van der Waals surface area contributed by atoms with E-state index >= 15 is 0 Å². The van der Waals surface area contributed by atoms with Gasteiger partial charge in [0.25, 0.3) is 0 Å². The van der Waals surface area contributed by atoms with Crippen LogP contribution in [0.1, 0.15) is 30.5 Å². The van der Waals surface area contributed by atoms with Crippen LogP contribution in [0.5, 0.6) is 0 Å². The lowest BCUT2D eigenvalue weighted by Crippen LogP contribution is -2.31. The zero-order valence-electron chi connectivity index (χ0n) is 42.4. The van der Waals surface area contributed by atoms with Crippen molar-refractivity contribution in [1.82, 2.24) is 13.7 Å². The summed E-state index contributed by atoms with van der Waals surface area (Å²) in [6, 6.07) is 83.4. The lowest BCUT2D eigenvalue weighted by molar-refractivity contribution is 0.462. The maximum atomic E-state index is 11.3. The monoisotopic (exact) mass is 997 g/mol. The lowest BCUT2D eigenvalue weighted by Gasteiger charge is -2.37. The molecule has 364 valence electrons. The molecular weight excluding hydrogens is 955 g/mol. The largest absolute Gasteiger partial charge is 0.455 e. The van der Waals surface area contributed by atoms with Crippen molar-refractivity contribution >= 4 is 109 Å². The molecule has 5 aromatic heterocycles. The number of hydrogen-bond donors (Lipinski definition) is 0. The molecule has 78 heavy (non-hydrogen) atoms. The van der Waals surface area contributed by atoms with Crippen LogP contribution in [0.15, 0.2) is 233 Å². The first kappa shape index (κ1) is 43.8. The van der Waals surface area contributed by atoms with Gasteiger partial charge in [0.15, 0.2) is 0 Å². The molecule has 0 saturated heterocycles. The van der Waals surface area contributed by atoms with Crippen LogP contribution in [0.4, 0.5) is 0 Å². The number of para-hydroxylation sites is 6. The highest BCUT2D eigenvalue weighted by atomic mass is 16.3. The van der Waals surface area contributed by atoms with E-state index in [0.29, 0.717) is 11.1 Å². The summed E-state index contributed by atoms with van der Waals surface area (Å²) in [5.41, 5.74) is 15.2. The fourth-order valence-electron chi connectivity index (χ4n) is 13.3. The Balaban J connectivity index is 1.21. The molecule has 0 N–H and O–H groups in total. The predicted molar refractivity (Wildman–Crippen MR) is 318 cm³/mol. The molecule has 0 radical (unpaired) electrons. The van der Waals surface area contributed by atoms with Crippen molar-refractivity contribution < 1.29 is 8.83 Å². The normalized spacial score (nSPS) is 12.2. The van der Waals surface area contributed by atoms with Crippen molar-refractivity contribution in [2.75, 3.05) is 0 Å². The van der Waals surface area contributed by atoms with E-state index in [9.17, 15) is 10.5 Å². The molecule has 16 rings (SSSR count). The van der Waals surface area contributed by atoms with Gasteiger partial charge in [0.2, 0.25) is 0 Å².